The number of aryl methyl sites for hydroxylation is 1. The van der Waals surface area contributed by atoms with E-state index in [9.17, 15) is 4.79 Å². The summed E-state index contributed by atoms with van der Waals surface area (Å²) < 4.78 is 0.934. The maximum absolute atomic E-state index is 12.2. The van der Waals surface area contributed by atoms with Crippen LogP contribution in [0.4, 0.5) is 0 Å². The Bertz CT molecular complexity index is 439. The molecule has 1 fully saturated rings. The molecule has 98 valence electrons. The second kappa shape index (κ2) is 5.85. The third-order valence-corrected chi connectivity index (χ3v) is 4.04. The summed E-state index contributed by atoms with van der Waals surface area (Å²) in [6, 6.07) is 6.36. The van der Waals surface area contributed by atoms with Crippen molar-refractivity contribution < 1.29 is 4.79 Å². The Hall–Kier alpha value is -0.870. The molecule has 0 spiro atoms. The van der Waals surface area contributed by atoms with Crippen LogP contribution >= 0.6 is 15.9 Å². The standard InChI is InChI=1S/C14H19BrN2O/c1-9-2-3-10(15)8-13(9)14(18)17-12-6-4-11(16)5-7-12/h2-3,8,11-12H,4-7,16H2,1H3,(H,17,18). The minimum Gasteiger partial charge on any atom is -0.349 e. The number of benzene rings is 1. The van der Waals surface area contributed by atoms with Crippen LogP contribution in [-0.2, 0) is 0 Å². The molecule has 18 heavy (non-hydrogen) atoms. The summed E-state index contributed by atoms with van der Waals surface area (Å²) in [7, 11) is 0. The number of hydrogen-bond acceptors (Lipinski definition) is 2. The summed E-state index contributed by atoms with van der Waals surface area (Å²) in [4.78, 5) is 12.2. The van der Waals surface area contributed by atoms with Gasteiger partial charge in [0.05, 0.1) is 0 Å². The molecule has 1 amide bonds. The molecule has 1 aromatic carbocycles. The van der Waals surface area contributed by atoms with Crippen molar-refractivity contribution in [3.63, 3.8) is 0 Å². The fourth-order valence-electron chi connectivity index (χ4n) is 2.37. The average Bonchev–Trinajstić information content (AvgIpc) is 2.35. The average molecular weight is 311 g/mol. The number of rotatable bonds is 2. The highest BCUT2D eigenvalue weighted by atomic mass is 79.9. The van der Waals surface area contributed by atoms with Gasteiger partial charge < -0.3 is 11.1 Å². The zero-order chi connectivity index (χ0) is 13.1. The second-order valence-corrected chi connectivity index (χ2v) is 5.96. The number of halogens is 1. The molecule has 0 bridgehead atoms. The van der Waals surface area contributed by atoms with Gasteiger partial charge in [0.2, 0.25) is 0 Å². The number of nitrogens with two attached hydrogens (primary N) is 1. The third kappa shape index (κ3) is 3.33. The highest BCUT2D eigenvalue weighted by Crippen LogP contribution is 2.19. The summed E-state index contributed by atoms with van der Waals surface area (Å²) in [5.74, 6) is 0.0225. The van der Waals surface area contributed by atoms with Crippen LogP contribution in [0.15, 0.2) is 22.7 Å². The lowest BCUT2D eigenvalue weighted by molar-refractivity contribution is 0.0925. The highest BCUT2D eigenvalue weighted by Gasteiger charge is 2.21. The molecule has 3 nitrogen and oxygen atoms in total. The van der Waals surface area contributed by atoms with Gasteiger partial charge >= 0.3 is 0 Å². The van der Waals surface area contributed by atoms with E-state index in [0.29, 0.717) is 6.04 Å². The zero-order valence-corrected chi connectivity index (χ0v) is 12.2. The Morgan fingerprint density at radius 1 is 1.33 bits per heavy atom. The van der Waals surface area contributed by atoms with Gasteiger partial charge in [0, 0.05) is 22.1 Å². The van der Waals surface area contributed by atoms with Gasteiger partial charge in [0.1, 0.15) is 0 Å². The Morgan fingerprint density at radius 2 is 2.00 bits per heavy atom. The fraction of sp³-hybridized carbons (Fsp3) is 0.500. The molecular weight excluding hydrogens is 292 g/mol. The molecule has 1 aliphatic carbocycles. The summed E-state index contributed by atoms with van der Waals surface area (Å²) in [6.45, 7) is 1.96. The Balaban J connectivity index is 2.01. The second-order valence-electron chi connectivity index (χ2n) is 5.04. The summed E-state index contributed by atoms with van der Waals surface area (Å²) in [5.41, 5.74) is 7.62. The topological polar surface area (TPSA) is 55.1 Å². The van der Waals surface area contributed by atoms with Crippen LogP contribution in [0.5, 0.6) is 0 Å². The Kier molecular flexibility index (Phi) is 4.40. The molecule has 4 heteroatoms. The van der Waals surface area contributed by atoms with E-state index >= 15 is 0 Å². The molecule has 1 saturated carbocycles. The Labute approximate surface area is 116 Å². The van der Waals surface area contributed by atoms with Gasteiger partial charge in [-0.15, -0.1) is 0 Å². The minimum atomic E-state index is 0.0225. The van der Waals surface area contributed by atoms with Gasteiger partial charge in [-0.3, -0.25) is 4.79 Å². The van der Waals surface area contributed by atoms with Crippen molar-refractivity contribution in [3.8, 4) is 0 Å². The molecule has 3 N–H and O–H groups in total. The van der Waals surface area contributed by atoms with E-state index in [0.717, 1.165) is 41.3 Å². The first-order valence-electron chi connectivity index (χ1n) is 6.39. The van der Waals surface area contributed by atoms with E-state index in [2.05, 4.69) is 21.2 Å². The molecule has 0 unspecified atom stereocenters. The van der Waals surface area contributed by atoms with Gasteiger partial charge in [-0.2, -0.15) is 0 Å². The molecule has 0 atom stereocenters. The van der Waals surface area contributed by atoms with Crippen molar-refractivity contribution in [1.82, 2.24) is 5.32 Å². The van der Waals surface area contributed by atoms with Crippen molar-refractivity contribution >= 4 is 21.8 Å². The first kappa shape index (κ1) is 13.6. The largest absolute Gasteiger partial charge is 0.349 e. The van der Waals surface area contributed by atoms with E-state index in [-0.39, 0.29) is 11.9 Å². The monoisotopic (exact) mass is 310 g/mol. The fourth-order valence-corrected chi connectivity index (χ4v) is 2.73. The van der Waals surface area contributed by atoms with E-state index in [1.165, 1.54) is 0 Å². The van der Waals surface area contributed by atoms with Crippen LogP contribution < -0.4 is 11.1 Å². The number of amides is 1. The van der Waals surface area contributed by atoms with Crippen molar-refractivity contribution in [2.45, 2.75) is 44.7 Å². The molecule has 0 aromatic heterocycles. The lowest BCUT2D eigenvalue weighted by Gasteiger charge is -2.27. The maximum atomic E-state index is 12.2. The predicted molar refractivity (Wildman–Crippen MR) is 76.6 cm³/mol. The molecule has 1 aliphatic rings. The van der Waals surface area contributed by atoms with E-state index in [1.807, 2.05) is 25.1 Å². The van der Waals surface area contributed by atoms with Crippen molar-refractivity contribution in [1.29, 1.82) is 0 Å². The van der Waals surface area contributed by atoms with Crippen molar-refractivity contribution in [2.24, 2.45) is 5.73 Å². The number of hydrogen-bond donors (Lipinski definition) is 2. The van der Waals surface area contributed by atoms with Crippen LogP contribution in [0.2, 0.25) is 0 Å². The molecule has 0 saturated heterocycles. The van der Waals surface area contributed by atoms with Crippen LogP contribution in [0.25, 0.3) is 0 Å². The smallest absolute Gasteiger partial charge is 0.251 e. The normalized spacial score (nSPS) is 23.7. The maximum Gasteiger partial charge on any atom is 0.251 e. The minimum absolute atomic E-state index is 0.0225. The van der Waals surface area contributed by atoms with E-state index < -0.39 is 0 Å². The van der Waals surface area contributed by atoms with Gasteiger partial charge in [-0.25, -0.2) is 0 Å². The molecule has 0 aliphatic heterocycles. The predicted octanol–water partition coefficient (Wildman–Crippen LogP) is 2.76. The molecular formula is C14H19BrN2O. The summed E-state index contributed by atoms with van der Waals surface area (Å²) >= 11 is 3.40. The van der Waals surface area contributed by atoms with Gasteiger partial charge in [0.15, 0.2) is 0 Å². The van der Waals surface area contributed by atoms with Crippen LogP contribution in [0, 0.1) is 6.92 Å². The summed E-state index contributed by atoms with van der Waals surface area (Å²) in [5, 5.41) is 3.11. The van der Waals surface area contributed by atoms with Crippen molar-refractivity contribution in [2.75, 3.05) is 0 Å². The number of carbonyl (C=O) groups excluding carboxylic acids is 1. The quantitative estimate of drug-likeness (QED) is 0.882. The van der Waals surface area contributed by atoms with Gasteiger partial charge in [0.25, 0.3) is 5.91 Å². The first-order chi connectivity index (χ1) is 8.56. The third-order valence-electron chi connectivity index (χ3n) is 3.55. The lowest BCUT2D eigenvalue weighted by Crippen LogP contribution is -2.40. The van der Waals surface area contributed by atoms with Crippen LogP contribution in [0.3, 0.4) is 0 Å². The Morgan fingerprint density at radius 3 is 2.67 bits per heavy atom. The molecule has 2 rings (SSSR count). The van der Waals surface area contributed by atoms with Crippen LogP contribution in [-0.4, -0.2) is 18.0 Å². The highest BCUT2D eigenvalue weighted by molar-refractivity contribution is 9.10. The molecule has 0 radical (unpaired) electrons. The molecule has 0 heterocycles. The van der Waals surface area contributed by atoms with Gasteiger partial charge in [-0.05, 0) is 50.3 Å². The number of nitrogens with one attached hydrogen (secondary N) is 1. The summed E-state index contributed by atoms with van der Waals surface area (Å²) in [6.07, 6.45) is 3.98. The number of carbonyl (C=O) groups is 1. The van der Waals surface area contributed by atoms with E-state index in [1.54, 1.807) is 0 Å². The van der Waals surface area contributed by atoms with Gasteiger partial charge in [-0.1, -0.05) is 22.0 Å². The first-order valence-corrected chi connectivity index (χ1v) is 7.18. The van der Waals surface area contributed by atoms with Crippen LogP contribution in [0.1, 0.15) is 41.6 Å². The molecule has 1 aromatic rings. The SMILES string of the molecule is Cc1ccc(Br)cc1C(=O)NC1CCC(N)CC1. The van der Waals surface area contributed by atoms with E-state index in [4.69, 9.17) is 5.73 Å². The van der Waals surface area contributed by atoms with Crippen molar-refractivity contribution in [3.05, 3.63) is 33.8 Å². The zero-order valence-electron chi connectivity index (χ0n) is 10.6. The lowest BCUT2D eigenvalue weighted by atomic mass is 9.91.